The smallest absolute Gasteiger partial charge is 0.252 e. The molecule has 1 N–H and O–H groups in total. The summed E-state index contributed by atoms with van der Waals surface area (Å²) >= 11 is 10.2. The van der Waals surface area contributed by atoms with Crippen molar-refractivity contribution in [3.05, 3.63) is 44.7 Å². The second-order valence-corrected chi connectivity index (χ2v) is 9.44. The molecule has 2 rings (SSSR count). The molecule has 0 bridgehead atoms. The van der Waals surface area contributed by atoms with Crippen molar-refractivity contribution in [3.63, 3.8) is 0 Å². The van der Waals surface area contributed by atoms with Crippen LogP contribution in [-0.4, -0.2) is 24.9 Å². The normalized spacial score (nSPS) is 13.6. The molecule has 4 nitrogen and oxygen atoms in total. The summed E-state index contributed by atoms with van der Waals surface area (Å²) in [4.78, 5) is 0. The fourth-order valence-electron chi connectivity index (χ4n) is 1.84. The number of hydrogen-bond acceptors (Lipinski definition) is 4. The Morgan fingerprint density at radius 2 is 2.00 bits per heavy atom. The van der Waals surface area contributed by atoms with Crippen LogP contribution in [0.25, 0.3) is 0 Å². The number of hydrogen-bond donors (Lipinski definition) is 1. The number of thiophene rings is 1. The number of phenols is 1. The molecule has 1 unspecified atom stereocenters. The Labute approximate surface area is 141 Å². The minimum atomic E-state index is -3.68. The van der Waals surface area contributed by atoms with Crippen LogP contribution in [0.1, 0.15) is 18.5 Å². The van der Waals surface area contributed by atoms with Gasteiger partial charge in [-0.25, -0.2) is 8.42 Å². The second kappa shape index (κ2) is 6.26. The number of para-hydroxylation sites is 1. The summed E-state index contributed by atoms with van der Waals surface area (Å²) in [5.74, 6) is 0.0671. The number of sulfonamides is 1. The second-order valence-electron chi connectivity index (χ2n) is 4.44. The van der Waals surface area contributed by atoms with E-state index in [1.54, 1.807) is 25.1 Å². The first kappa shape index (κ1) is 16.8. The summed E-state index contributed by atoms with van der Waals surface area (Å²) in [6, 6.07) is 7.59. The first-order valence-electron chi connectivity index (χ1n) is 5.96. The minimum absolute atomic E-state index is 0.0671. The summed E-state index contributed by atoms with van der Waals surface area (Å²) < 4.78 is 27.1. The molecule has 0 saturated carbocycles. The van der Waals surface area contributed by atoms with Crippen molar-refractivity contribution in [1.29, 1.82) is 0 Å². The lowest BCUT2D eigenvalue weighted by Crippen LogP contribution is -2.29. The van der Waals surface area contributed by atoms with Gasteiger partial charge in [0.05, 0.1) is 14.9 Å². The lowest BCUT2D eigenvalue weighted by atomic mass is 10.1. The SMILES string of the molecule is CC(c1ccccc1O)N(C)S(=O)(=O)c1cc(Cl)c(Br)s1. The monoisotopic (exact) mass is 409 g/mol. The van der Waals surface area contributed by atoms with E-state index in [1.807, 2.05) is 0 Å². The zero-order chi connectivity index (χ0) is 15.8. The average Bonchev–Trinajstić information content (AvgIpc) is 2.78. The van der Waals surface area contributed by atoms with E-state index in [2.05, 4.69) is 15.9 Å². The molecule has 0 fully saturated rings. The molecule has 0 saturated heterocycles. The summed E-state index contributed by atoms with van der Waals surface area (Å²) in [6.45, 7) is 1.72. The molecule has 1 aromatic heterocycles. The maximum absolute atomic E-state index is 12.6. The maximum Gasteiger partial charge on any atom is 0.252 e. The third-order valence-corrected chi connectivity index (χ3v) is 8.04. The van der Waals surface area contributed by atoms with Crippen LogP contribution in [0.5, 0.6) is 5.75 Å². The number of nitrogens with zero attached hydrogens (tertiary/aromatic N) is 1. The van der Waals surface area contributed by atoms with Crippen molar-refractivity contribution in [1.82, 2.24) is 4.31 Å². The first-order valence-corrected chi connectivity index (χ1v) is 9.38. The van der Waals surface area contributed by atoms with Gasteiger partial charge in [-0.3, -0.25) is 0 Å². The first-order chi connectivity index (χ1) is 9.75. The predicted octanol–water partition coefficient (Wildman–Crippen LogP) is 4.25. The van der Waals surface area contributed by atoms with Crippen molar-refractivity contribution < 1.29 is 13.5 Å². The molecule has 0 aliphatic rings. The Hall–Kier alpha value is -0.600. The zero-order valence-electron chi connectivity index (χ0n) is 11.2. The van der Waals surface area contributed by atoms with Crippen LogP contribution in [0, 0.1) is 0 Å². The Kier molecular flexibility index (Phi) is 4.99. The van der Waals surface area contributed by atoms with Gasteiger partial charge >= 0.3 is 0 Å². The van der Waals surface area contributed by atoms with Gasteiger partial charge in [0.25, 0.3) is 10.0 Å². The highest BCUT2D eigenvalue weighted by Crippen LogP contribution is 2.38. The highest BCUT2D eigenvalue weighted by Gasteiger charge is 2.29. The molecule has 2 aromatic rings. The fraction of sp³-hybridized carbons (Fsp3) is 0.231. The minimum Gasteiger partial charge on any atom is -0.508 e. The van der Waals surface area contributed by atoms with Crippen molar-refractivity contribution in [3.8, 4) is 5.75 Å². The van der Waals surface area contributed by atoms with E-state index in [-0.39, 0.29) is 9.96 Å². The molecule has 0 aliphatic carbocycles. The van der Waals surface area contributed by atoms with Gasteiger partial charge in [0.15, 0.2) is 0 Å². The third-order valence-electron chi connectivity index (χ3n) is 3.19. The van der Waals surface area contributed by atoms with E-state index in [1.165, 1.54) is 23.5 Å². The number of aromatic hydroxyl groups is 1. The third kappa shape index (κ3) is 3.27. The van der Waals surface area contributed by atoms with E-state index in [0.29, 0.717) is 14.4 Å². The average molecular weight is 411 g/mol. The molecule has 0 spiro atoms. The molecule has 0 aliphatic heterocycles. The topological polar surface area (TPSA) is 57.6 Å². The molecule has 114 valence electrons. The Morgan fingerprint density at radius 1 is 1.38 bits per heavy atom. The van der Waals surface area contributed by atoms with Crippen LogP contribution in [0.2, 0.25) is 5.02 Å². The quantitative estimate of drug-likeness (QED) is 0.819. The fourth-order valence-corrected chi connectivity index (χ4v) is 5.77. The number of rotatable bonds is 4. The van der Waals surface area contributed by atoms with Gasteiger partial charge < -0.3 is 5.11 Å². The van der Waals surface area contributed by atoms with Crippen LogP contribution in [0.15, 0.2) is 38.3 Å². The molecule has 0 radical (unpaired) electrons. The maximum atomic E-state index is 12.6. The van der Waals surface area contributed by atoms with E-state index in [0.717, 1.165) is 11.3 Å². The zero-order valence-corrected chi connectivity index (χ0v) is 15.2. The molecule has 8 heteroatoms. The highest BCUT2D eigenvalue weighted by molar-refractivity contribution is 9.11. The van der Waals surface area contributed by atoms with Crippen LogP contribution >= 0.6 is 38.9 Å². The van der Waals surface area contributed by atoms with Gasteiger partial charge in [0.1, 0.15) is 9.96 Å². The van der Waals surface area contributed by atoms with Gasteiger partial charge in [-0.15, -0.1) is 11.3 Å². The summed E-state index contributed by atoms with van der Waals surface area (Å²) in [5, 5.41) is 10.2. The standard InChI is InChI=1S/C13H13BrClNO3S2/c1-8(9-5-3-4-6-11(9)17)16(2)21(18,19)12-7-10(15)13(14)20-12/h3-8,17H,1-2H3. The molecule has 21 heavy (non-hydrogen) atoms. The van der Waals surface area contributed by atoms with Crippen LogP contribution in [0.4, 0.5) is 0 Å². The van der Waals surface area contributed by atoms with Crippen molar-refractivity contribution in [2.45, 2.75) is 17.2 Å². The van der Waals surface area contributed by atoms with E-state index in [9.17, 15) is 13.5 Å². The number of benzene rings is 1. The van der Waals surface area contributed by atoms with Gasteiger partial charge in [-0.1, -0.05) is 29.8 Å². The lowest BCUT2D eigenvalue weighted by Gasteiger charge is -2.24. The van der Waals surface area contributed by atoms with Crippen molar-refractivity contribution in [2.75, 3.05) is 7.05 Å². The van der Waals surface area contributed by atoms with E-state index >= 15 is 0 Å². The molecule has 1 aromatic carbocycles. The molecular formula is C13H13BrClNO3S2. The van der Waals surface area contributed by atoms with Crippen molar-refractivity contribution in [2.24, 2.45) is 0 Å². The Bertz CT molecular complexity index is 741. The lowest BCUT2D eigenvalue weighted by molar-refractivity contribution is 0.382. The summed E-state index contributed by atoms with van der Waals surface area (Å²) in [6.07, 6.45) is 0. The largest absolute Gasteiger partial charge is 0.508 e. The van der Waals surface area contributed by atoms with Gasteiger partial charge in [0, 0.05) is 12.6 Å². The summed E-state index contributed by atoms with van der Waals surface area (Å²) in [5.41, 5.74) is 0.547. The van der Waals surface area contributed by atoms with Crippen LogP contribution in [-0.2, 0) is 10.0 Å². The Balaban J connectivity index is 2.38. The van der Waals surface area contributed by atoms with Gasteiger partial charge in [-0.2, -0.15) is 4.31 Å². The van der Waals surface area contributed by atoms with Crippen molar-refractivity contribution >= 4 is 48.9 Å². The summed E-state index contributed by atoms with van der Waals surface area (Å²) in [7, 11) is -2.20. The van der Waals surface area contributed by atoms with Crippen LogP contribution < -0.4 is 0 Å². The van der Waals surface area contributed by atoms with Crippen LogP contribution in [0.3, 0.4) is 0 Å². The van der Waals surface area contributed by atoms with Gasteiger partial charge in [0.2, 0.25) is 0 Å². The van der Waals surface area contributed by atoms with Gasteiger partial charge in [-0.05, 0) is 35.0 Å². The molecular weight excluding hydrogens is 398 g/mol. The highest BCUT2D eigenvalue weighted by atomic mass is 79.9. The van der Waals surface area contributed by atoms with E-state index < -0.39 is 16.1 Å². The molecule has 0 amide bonds. The predicted molar refractivity (Wildman–Crippen MR) is 88.5 cm³/mol. The molecule has 1 atom stereocenters. The van der Waals surface area contributed by atoms with E-state index in [4.69, 9.17) is 11.6 Å². The molecule has 1 heterocycles. The number of halogens is 2. The number of phenolic OH excluding ortho intramolecular Hbond substituents is 1. The Morgan fingerprint density at radius 3 is 2.52 bits per heavy atom.